The van der Waals surface area contributed by atoms with Crippen molar-refractivity contribution in [3.63, 3.8) is 0 Å². The average Bonchev–Trinajstić information content (AvgIpc) is 2.84. The second kappa shape index (κ2) is 9.30. The number of hydrazine groups is 1. The van der Waals surface area contributed by atoms with E-state index >= 15 is 0 Å². The molecule has 0 atom stereocenters. The maximum absolute atomic E-state index is 12.7. The highest BCUT2D eigenvalue weighted by Crippen LogP contribution is 2.32. The molecule has 2 amide bonds. The number of fused-ring (bicyclic) bond motifs is 1. The Balaban J connectivity index is 1.52. The Morgan fingerprint density at radius 3 is 2.38 bits per heavy atom. The number of nitrogens with one attached hydrogen (secondary N) is 2. The molecule has 1 saturated heterocycles. The molecule has 2 aromatic carbocycles. The molecule has 1 fully saturated rings. The number of rotatable bonds is 4. The average molecular weight is 464 g/mol. The van der Waals surface area contributed by atoms with Gasteiger partial charge < -0.3 is 4.90 Å². The molecular formula is C23H24N6O5. The Morgan fingerprint density at radius 2 is 1.71 bits per heavy atom. The number of aryl methyl sites for hydroxylation is 1. The fourth-order valence-electron chi connectivity index (χ4n) is 4.04. The van der Waals surface area contributed by atoms with E-state index in [1.54, 1.807) is 30.3 Å². The summed E-state index contributed by atoms with van der Waals surface area (Å²) in [7, 11) is 1.42. The van der Waals surface area contributed by atoms with Crippen LogP contribution in [0, 0.1) is 16.0 Å². The van der Waals surface area contributed by atoms with Gasteiger partial charge in [-0.2, -0.15) is 5.10 Å². The van der Waals surface area contributed by atoms with Gasteiger partial charge in [-0.3, -0.25) is 35.3 Å². The molecule has 4 rings (SSSR count). The Labute approximate surface area is 194 Å². The molecule has 0 bridgehead atoms. The van der Waals surface area contributed by atoms with E-state index in [9.17, 15) is 24.5 Å². The summed E-state index contributed by atoms with van der Waals surface area (Å²) in [6.07, 6.45) is 1.89. The topological polar surface area (TPSA) is 139 Å². The van der Waals surface area contributed by atoms with Crippen LogP contribution in [-0.4, -0.2) is 39.6 Å². The van der Waals surface area contributed by atoms with Crippen LogP contribution in [0.15, 0.2) is 47.3 Å². The predicted molar refractivity (Wildman–Crippen MR) is 126 cm³/mol. The monoisotopic (exact) mass is 464 g/mol. The molecule has 0 spiro atoms. The van der Waals surface area contributed by atoms with Crippen LogP contribution in [-0.2, 0) is 7.05 Å². The smallest absolute Gasteiger partial charge is 0.293 e. The number of nitro groups is 1. The van der Waals surface area contributed by atoms with Gasteiger partial charge in [0.15, 0.2) is 5.69 Å². The van der Waals surface area contributed by atoms with Crippen molar-refractivity contribution < 1.29 is 14.5 Å². The van der Waals surface area contributed by atoms with E-state index in [-0.39, 0.29) is 22.5 Å². The Morgan fingerprint density at radius 1 is 1.06 bits per heavy atom. The zero-order valence-corrected chi connectivity index (χ0v) is 18.8. The van der Waals surface area contributed by atoms with E-state index in [4.69, 9.17) is 0 Å². The van der Waals surface area contributed by atoms with Crippen LogP contribution < -0.4 is 21.3 Å². The Bertz CT molecular complexity index is 1340. The van der Waals surface area contributed by atoms with Crippen molar-refractivity contribution in [2.45, 2.75) is 19.8 Å². The molecule has 0 radical (unpaired) electrons. The first kappa shape index (κ1) is 22.9. The van der Waals surface area contributed by atoms with E-state index in [1.807, 2.05) is 4.90 Å². The Kier molecular flexibility index (Phi) is 6.26. The Hall–Kier alpha value is -4.28. The van der Waals surface area contributed by atoms with E-state index in [0.717, 1.165) is 17.5 Å². The molecule has 0 unspecified atom stereocenters. The molecule has 2 N–H and O–H groups in total. The fraction of sp³-hybridized carbons (Fsp3) is 0.304. The number of piperidine rings is 1. The fourth-order valence-corrected chi connectivity index (χ4v) is 4.04. The lowest BCUT2D eigenvalue weighted by molar-refractivity contribution is -0.384. The van der Waals surface area contributed by atoms with Crippen molar-refractivity contribution in [3.8, 4) is 0 Å². The summed E-state index contributed by atoms with van der Waals surface area (Å²) >= 11 is 0. The van der Waals surface area contributed by atoms with E-state index in [2.05, 4.69) is 22.9 Å². The van der Waals surface area contributed by atoms with Crippen LogP contribution in [0.4, 0.5) is 11.4 Å². The number of nitro benzene ring substituents is 1. The quantitative estimate of drug-likeness (QED) is 0.445. The normalized spacial score (nSPS) is 14.1. The third kappa shape index (κ3) is 4.45. The summed E-state index contributed by atoms with van der Waals surface area (Å²) in [4.78, 5) is 50.7. The number of hydrogen-bond donors (Lipinski definition) is 2. The summed E-state index contributed by atoms with van der Waals surface area (Å²) in [6, 6.07) is 10.8. The number of benzene rings is 2. The number of amides is 2. The highest BCUT2D eigenvalue weighted by atomic mass is 16.6. The van der Waals surface area contributed by atoms with E-state index < -0.39 is 16.7 Å². The number of aromatic nitrogens is 2. The first-order valence-electron chi connectivity index (χ1n) is 10.9. The van der Waals surface area contributed by atoms with Gasteiger partial charge in [-0.05, 0) is 37.0 Å². The number of nitrogens with zero attached hydrogens (tertiary/aromatic N) is 4. The molecule has 2 heterocycles. The van der Waals surface area contributed by atoms with Gasteiger partial charge in [0.25, 0.3) is 23.1 Å². The minimum atomic E-state index is -0.728. The summed E-state index contributed by atoms with van der Waals surface area (Å²) in [6.45, 7) is 3.58. The van der Waals surface area contributed by atoms with E-state index in [1.165, 1.54) is 19.2 Å². The van der Waals surface area contributed by atoms with Gasteiger partial charge in [0.1, 0.15) is 5.69 Å². The van der Waals surface area contributed by atoms with Gasteiger partial charge in [-0.1, -0.05) is 25.1 Å². The van der Waals surface area contributed by atoms with Gasteiger partial charge in [0, 0.05) is 37.2 Å². The van der Waals surface area contributed by atoms with Gasteiger partial charge >= 0.3 is 0 Å². The van der Waals surface area contributed by atoms with Gasteiger partial charge in [0.05, 0.1) is 10.3 Å². The predicted octanol–water partition coefficient (Wildman–Crippen LogP) is 2.15. The molecule has 0 saturated carbocycles. The second-order valence-electron chi connectivity index (χ2n) is 8.36. The molecule has 11 nitrogen and oxygen atoms in total. The third-order valence-electron chi connectivity index (χ3n) is 6.02. The van der Waals surface area contributed by atoms with Crippen molar-refractivity contribution in [2.75, 3.05) is 18.0 Å². The van der Waals surface area contributed by atoms with Gasteiger partial charge in [-0.25, -0.2) is 4.68 Å². The van der Waals surface area contributed by atoms with Gasteiger partial charge in [-0.15, -0.1) is 0 Å². The number of carbonyl (C=O) groups is 2. The van der Waals surface area contributed by atoms with Crippen LogP contribution in [0.3, 0.4) is 0 Å². The molecule has 11 heteroatoms. The van der Waals surface area contributed by atoms with E-state index in [0.29, 0.717) is 35.5 Å². The van der Waals surface area contributed by atoms with Crippen molar-refractivity contribution in [3.05, 3.63) is 74.2 Å². The maximum Gasteiger partial charge on any atom is 0.293 e. The first-order valence-corrected chi connectivity index (χ1v) is 10.9. The highest BCUT2D eigenvalue weighted by Gasteiger charge is 2.25. The minimum absolute atomic E-state index is 0.0272. The summed E-state index contributed by atoms with van der Waals surface area (Å²) in [5, 5.41) is 16.3. The molecule has 1 aliphatic rings. The SMILES string of the molecule is CC1CCN(c2ccc(C(=O)NNC(=O)c3nn(C)c(=O)c4ccccc34)cc2[N+](=O)[O-])CC1. The lowest BCUT2D eigenvalue weighted by Gasteiger charge is -2.31. The molecule has 3 aromatic rings. The first-order chi connectivity index (χ1) is 16.3. The van der Waals surface area contributed by atoms with Crippen LogP contribution >= 0.6 is 0 Å². The largest absolute Gasteiger partial charge is 0.366 e. The third-order valence-corrected chi connectivity index (χ3v) is 6.02. The molecule has 1 aliphatic heterocycles. The zero-order valence-electron chi connectivity index (χ0n) is 18.8. The minimum Gasteiger partial charge on any atom is -0.366 e. The van der Waals surface area contributed by atoms with Crippen LogP contribution in [0.25, 0.3) is 10.8 Å². The van der Waals surface area contributed by atoms with Crippen molar-refractivity contribution in [1.29, 1.82) is 0 Å². The second-order valence-corrected chi connectivity index (χ2v) is 8.36. The van der Waals surface area contributed by atoms with Crippen LogP contribution in [0.2, 0.25) is 0 Å². The molecule has 1 aromatic heterocycles. The van der Waals surface area contributed by atoms with Crippen molar-refractivity contribution in [1.82, 2.24) is 20.6 Å². The number of carbonyl (C=O) groups excluding carboxylic acids is 2. The molecular weight excluding hydrogens is 440 g/mol. The molecule has 0 aliphatic carbocycles. The van der Waals surface area contributed by atoms with Crippen molar-refractivity contribution in [2.24, 2.45) is 13.0 Å². The van der Waals surface area contributed by atoms with Crippen LogP contribution in [0.5, 0.6) is 0 Å². The highest BCUT2D eigenvalue weighted by molar-refractivity contribution is 6.06. The van der Waals surface area contributed by atoms with Crippen LogP contribution in [0.1, 0.15) is 40.6 Å². The lowest BCUT2D eigenvalue weighted by atomic mass is 9.98. The molecule has 34 heavy (non-hydrogen) atoms. The zero-order chi connectivity index (χ0) is 24.4. The summed E-state index contributed by atoms with van der Waals surface area (Å²) < 4.78 is 1.04. The lowest BCUT2D eigenvalue weighted by Crippen LogP contribution is -2.42. The maximum atomic E-state index is 12.7. The summed E-state index contributed by atoms with van der Waals surface area (Å²) in [5.41, 5.74) is 4.47. The molecule has 176 valence electrons. The number of anilines is 1. The van der Waals surface area contributed by atoms with Crippen molar-refractivity contribution >= 4 is 34.0 Å². The summed E-state index contributed by atoms with van der Waals surface area (Å²) in [5.74, 6) is -0.874. The van der Waals surface area contributed by atoms with Gasteiger partial charge in [0.2, 0.25) is 0 Å². The number of hydrogen-bond acceptors (Lipinski definition) is 7. The standard InChI is InChI=1S/C23H24N6O5/c1-14-9-11-28(12-10-14)18-8-7-15(13-19(18)29(33)34)21(30)24-25-22(31)20-16-5-3-4-6-17(16)23(32)27(2)26-20/h3-8,13-14H,9-12H2,1-2H3,(H,24,30)(H,25,31).